The lowest BCUT2D eigenvalue weighted by molar-refractivity contribution is 0.0814. The number of fused-ring (bicyclic) bond motifs is 2. The van der Waals surface area contributed by atoms with Gasteiger partial charge in [0.2, 0.25) is 17.3 Å². The number of halogens is 1. The zero-order valence-corrected chi connectivity index (χ0v) is 34.9. The van der Waals surface area contributed by atoms with Crippen LogP contribution in [-0.2, 0) is 10.0 Å². The highest BCUT2D eigenvalue weighted by Gasteiger charge is 2.37. The third kappa shape index (κ3) is 7.14. The molecule has 0 bridgehead atoms. The van der Waals surface area contributed by atoms with E-state index in [-0.39, 0.29) is 83.3 Å². The molecule has 0 aliphatic rings. The molecule has 2 N–H and O–H groups in total. The predicted octanol–water partition coefficient (Wildman–Crippen LogP) is 7.05. The van der Waals surface area contributed by atoms with Crippen molar-refractivity contribution in [2.75, 3.05) is 28.3 Å². The van der Waals surface area contributed by atoms with E-state index in [1.54, 1.807) is 52.8 Å². The number of ether oxygens (including phenoxy) is 2. The van der Waals surface area contributed by atoms with E-state index in [1.807, 2.05) is 0 Å². The van der Waals surface area contributed by atoms with E-state index in [0.717, 1.165) is 14.4 Å². The van der Waals surface area contributed by atoms with Gasteiger partial charge < -0.3 is 24.5 Å². The summed E-state index contributed by atoms with van der Waals surface area (Å²) in [5, 5.41) is 0.508. The fourth-order valence-corrected chi connectivity index (χ4v) is 8.27. The summed E-state index contributed by atoms with van der Waals surface area (Å²) < 4.78 is 47.4. The Kier molecular flexibility index (Phi) is 11.4. The molecule has 3 aromatic heterocycles. The van der Waals surface area contributed by atoms with Crippen molar-refractivity contribution in [3.63, 3.8) is 0 Å². The summed E-state index contributed by atoms with van der Waals surface area (Å²) in [7, 11) is 1.14. The number of aromatic nitrogens is 3. The van der Waals surface area contributed by atoms with Crippen molar-refractivity contribution < 1.29 is 41.5 Å². The summed E-state index contributed by atoms with van der Waals surface area (Å²) in [6, 6.07) is 12.2. The van der Waals surface area contributed by atoms with E-state index in [9.17, 15) is 27.6 Å². The standard InChI is InChI=1S/C42H42ClN5O9S/c1-20(2)36(49)34-28(19-45-41(46-34)37(50)21(3)4)33(44)25-17-31(55-8)40(56-9)39-26(25)18-30(57-39)38(51)32-27-16-23(43)12-15-29(27)48(35(32)42(52)47(6)7)58(53,54)24-13-10-22(5)11-14-24/h10-21,33H,44H2,1-9H3. The van der Waals surface area contributed by atoms with E-state index in [4.69, 9.17) is 31.2 Å². The second-order valence-corrected chi connectivity index (χ2v) is 16.8. The lowest BCUT2D eigenvalue weighted by Crippen LogP contribution is -2.29. The van der Waals surface area contributed by atoms with Gasteiger partial charge in [-0.2, -0.15) is 0 Å². The van der Waals surface area contributed by atoms with Crippen molar-refractivity contribution in [2.24, 2.45) is 17.6 Å². The van der Waals surface area contributed by atoms with Crippen LogP contribution in [0.5, 0.6) is 11.5 Å². The van der Waals surface area contributed by atoms with Crippen LogP contribution in [0.15, 0.2) is 70.1 Å². The number of nitrogens with zero attached hydrogens (tertiary/aromatic N) is 4. The van der Waals surface area contributed by atoms with E-state index < -0.39 is 45.3 Å². The number of rotatable bonds is 13. The molecule has 0 aliphatic heterocycles. The minimum absolute atomic E-state index is 0.0226. The number of nitrogens with two attached hydrogens (primary N) is 1. The monoisotopic (exact) mass is 827 g/mol. The lowest BCUT2D eigenvalue weighted by atomic mass is 9.92. The number of amides is 1. The Balaban J connectivity index is 1.63. The third-order valence-electron chi connectivity index (χ3n) is 9.68. The van der Waals surface area contributed by atoms with Gasteiger partial charge >= 0.3 is 0 Å². The fourth-order valence-electron chi connectivity index (χ4n) is 6.58. The number of Topliss-reactive ketones (excluding diaryl/α,β-unsaturated/α-hetero) is 2. The number of carbonyl (C=O) groups is 4. The molecular weight excluding hydrogens is 786 g/mol. The summed E-state index contributed by atoms with van der Waals surface area (Å²) in [5.74, 6) is -3.52. The summed E-state index contributed by atoms with van der Waals surface area (Å²) >= 11 is 6.46. The largest absolute Gasteiger partial charge is 0.493 e. The Morgan fingerprint density at radius 1 is 0.879 bits per heavy atom. The summed E-state index contributed by atoms with van der Waals surface area (Å²) in [6.07, 6.45) is 1.34. The third-order valence-corrected chi connectivity index (χ3v) is 11.6. The molecule has 302 valence electrons. The first-order valence-electron chi connectivity index (χ1n) is 18.2. The Morgan fingerprint density at radius 2 is 1.53 bits per heavy atom. The highest BCUT2D eigenvalue weighted by atomic mass is 35.5. The van der Waals surface area contributed by atoms with Crippen molar-refractivity contribution in [2.45, 2.75) is 45.6 Å². The van der Waals surface area contributed by atoms with E-state index >= 15 is 0 Å². The van der Waals surface area contributed by atoms with Crippen molar-refractivity contribution in [3.05, 3.63) is 111 Å². The van der Waals surface area contributed by atoms with Gasteiger partial charge in [-0.25, -0.2) is 22.4 Å². The number of furan rings is 1. The van der Waals surface area contributed by atoms with Gasteiger partial charge in [0, 0.05) is 53.5 Å². The van der Waals surface area contributed by atoms with Crippen molar-refractivity contribution >= 4 is 66.8 Å². The topological polar surface area (TPSA) is 194 Å². The summed E-state index contributed by atoms with van der Waals surface area (Å²) in [5.41, 5.74) is 7.53. The molecule has 1 amide bonds. The van der Waals surface area contributed by atoms with Crippen molar-refractivity contribution in [3.8, 4) is 11.5 Å². The van der Waals surface area contributed by atoms with Crippen LogP contribution in [0.25, 0.3) is 21.9 Å². The molecule has 0 fully saturated rings. The molecule has 3 heterocycles. The molecule has 16 heteroatoms. The Morgan fingerprint density at radius 3 is 2.12 bits per heavy atom. The lowest BCUT2D eigenvalue weighted by Gasteiger charge is -2.19. The van der Waals surface area contributed by atoms with Gasteiger partial charge in [0.05, 0.1) is 36.2 Å². The molecule has 14 nitrogen and oxygen atoms in total. The number of hydrogen-bond acceptors (Lipinski definition) is 12. The Labute approximate surface area is 339 Å². The smallest absolute Gasteiger partial charge is 0.271 e. The second-order valence-electron chi connectivity index (χ2n) is 14.6. The number of carbonyl (C=O) groups excluding carboxylic acids is 4. The van der Waals surface area contributed by atoms with E-state index in [2.05, 4.69) is 9.97 Å². The van der Waals surface area contributed by atoms with Gasteiger partial charge in [0.1, 0.15) is 11.4 Å². The van der Waals surface area contributed by atoms with E-state index in [0.29, 0.717) is 5.56 Å². The first kappa shape index (κ1) is 41.7. The molecule has 58 heavy (non-hydrogen) atoms. The van der Waals surface area contributed by atoms with Crippen LogP contribution < -0.4 is 15.2 Å². The maximum atomic E-state index is 15.0. The molecular formula is C42H42ClN5O9S. The van der Waals surface area contributed by atoms with Crippen molar-refractivity contribution in [1.29, 1.82) is 0 Å². The first-order chi connectivity index (χ1) is 27.3. The van der Waals surface area contributed by atoms with Crippen LogP contribution in [0.4, 0.5) is 0 Å². The normalized spacial score (nSPS) is 12.4. The molecule has 6 rings (SSSR count). The zero-order chi connectivity index (χ0) is 42.5. The molecule has 1 unspecified atom stereocenters. The Bertz CT molecular complexity index is 2770. The second kappa shape index (κ2) is 15.8. The molecule has 6 aromatic rings. The molecule has 0 radical (unpaired) electrons. The quantitative estimate of drug-likeness (QED) is 0.117. The molecule has 0 saturated carbocycles. The molecule has 1 atom stereocenters. The molecule has 0 aliphatic carbocycles. The van der Waals surface area contributed by atoms with Gasteiger partial charge in [-0.05, 0) is 55.0 Å². The maximum Gasteiger partial charge on any atom is 0.271 e. The highest BCUT2D eigenvalue weighted by Crippen LogP contribution is 2.44. The average molecular weight is 828 g/mol. The van der Waals surface area contributed by atoms with Crippen molar-refractivity contribution in [1.82, 2.24) is 18.8 Å². The minimum Gasteiger partial charge on any atom is -0.493 e. The predicted molar refractivity (Wildman–Crippen MR) is 218 cm³/mol. The number of hydrogen-bond donors (Lipinski definition) is 1. The van der Waals surface area contributed by atoms with Crippen LogP contribution in [0.1, 0.15) is 98.1 Å². The van der Waals surface area contributed by atoms with E-state index in [1.165, 1.54) is 70.9 Å². The number of aryl methyl sites for hydroxylation is 1. The number of benzene rings is 3. The van der Waals surface area contributed by atoms with Gasteiger partial charge in [-0.1, -0.05) is 57.0 Å². The van der Waals surface area contributed by atoms with Crippen LogP contribution in [-0.4, -0.2) is 78.8 Å². The van der Waals surface area contributed by atoms with Gasteiger partial charge in [-0.15, -0.1) is 0 Å². The van der Waals surface area contributed by atoms with Crippen LogP contribution in [0.3, 0.4) is 0 Å². The fraction of sp³-hybridized carbons (Fsp3) is 0.286. The maximum absolute atomic E-state index is 15.0. The van der Waals surface area contributed by atoms with Gasteiger partial charge in [0.15, 0.2) is 28.7 Å². The minimum atomic E-state index is -4.49. The Hall–Kier alpha value is -5.90. The number of methoxy groups -OCH3 is 2. The van der Waals surface area contributed by atoms with Crippen LogP contribution in [0.2, 0.25) is 5.02 Å². The van der Waals surface area contributed by atoms with Gasteiger partial charge in [-0.3, -0.25) is 19.2 Å². The highest BCUT2D eigenvalue weighted by molar-refractivity contribution is 7.90. The first-order valence-corrected chi connectivity index (χ1v) is 20.0. The zero-order valence-electron chi connectivity index (χ0n) is 33.3. The SMILES string of the molecule is COc1cc(C(N)c2cnc(C(=O)C(C)C)nc2C(=O)C(C)C)c2cc(C(=O)c3c(C(=O)N(C)C)n(S(=O)(=O)c4ccc(C)cc4)c4ccc(Cl)cc34)oc2c1OC. The summed E-state index contributed by atoms with van der Waals surface area (Å²) in [6.45, 7) is 8.58. The molecule has 3 aromatic carbocycles. The molecule has 0 spiro atoms. The number of ketones is 3. The van der Waals surface area contributed by atoms with Gasteiger partial charge in [0.25, 0.3) is 15.9 Å². The molecule has 0 saturated heterocycles. The van der Waals surface area contributed by atoms with Crippen LogP contribution in [0, 0.1) is 18.8 Å². The van der Waals surface area contributed by atoms with Crippen LogP contribution >= 0.6 is 11.6 Å². The summed E-state index contributed by atoms with van der Waals surface area (Å²) in [4.78, 5) is 65.3. The average Bonchev–Trinajstić information content (AvgIpc) is 3.79.